The molecule has 2 rings (SSSR count). The molecule has 1 aromatic carbocycles. The molecule has 0 spiro atoms. The van der Waals surface area contributed by atoms with Crippen molar-refractivity contribution in [2.45, 2.75) is 26.4 Å². The van der Waals surface area contributed by atoms with Gasteiger partial charge in [0.2, 0.25) is 0 Å². The van der Waals surface area contributed by atoms with Gasteiger partial charge in [0, 0.05) is 19.2 Å². The van der Waals surface area contributed by atoms with E-state index in [9.17, 15) is 15.2 Å². The van der Waals surface area contributed by atoms with E-state index in [0.717, 1.165) is 5.56 Å². The Morgan fingerprint density at radius 1 is 1.44 bits per heavy atom. The molecule has 0 saturated carbocycles. The number of nitrogens with zero attached hydrogens (tertiary/aromatic N) is 2. The molecule has 1 saturated heterocycles. The Hall–Kier alpha value is -1.62. The number of rotatable bonds is 3. The topological polar surface area (TPSA) is 66.6 Å². The molecule has 1 N–H and O–H groups in total. The lowest BCUT2D eigenvalue weighted by Gasteiger charge is -2.50. The highest BCUT2D eigenvalue weighted by Crippen LogP contribution is 2.39. The van der Waals surface area contributed by atoms with Crippen LogP contribution in [0.3, 0.4) is 0 Å². The lowest BCUT2D eigenvalue weighted by molar-refractivity contribution is -0.384. The molecule has 0 bridgehead atoms. The van der Waals surface area contributed by atoms with Crippen molar-refractivity contribution >= 4 is 11.4 Å². The first-order valence-electron chi connectivity index (χ1n) is 6.06. The SMILES string of the molecule is Cc1cccc([N+](=O)[O-])c1N1CC(O)(C(C)C)C1. The van der Waals surface area contributed by atoms with E-state index < -0.39 is 5.60 Å². The van der Waals surface area contributed by atoms with Gasteiger partial charge in [-0.2, -0.15) is 0 Å². The molecular weight excluding hydrogens is 232 g/mol. The number of β-amino-alcohol motifs (C(OH)–C–C–N with tert-alkyl or cyclic N) is 1. The maximum absolute atomic E-state index is 11.0. The van der Waals surface area contributed by atoms with Crippen LogP contribution in [0.25, 0.3) is 0 Å². The van der Waals surface area contributed by atoms with Crippen molar-refractivity contribution in [3.05, 3.63) is 33.9 Å². The summed E-state index contributed by atoms with van der Waals surface area (Å²) in [5.74, 6) is 0.150. The standard InChI is InChI=1S/C13H18N2O3/c1-9(2)13(16)7-14(8-13)12-10(3)5-4-6-11(12)15(17)18/h4-6,9,16H,7-8H2,1-3H3. The van der Waals surface area contributed by atoms with Crippen molar-refractivity contribution in [1.82, 2.24) is 0 Å². The predicted octanol–water partition coefficient (Wildman–Crippen LogP) is 2.11. The van der Waals surface area contributed by atoms with Crippen molar-refractivity contribution in [2.75, 3.05) is 18.0 Å². The molecule has 1 heterocycles. The average Bonchev–Trinajstić information content (AvgIpc) is 2.24. The van der Waals surface area contributed by atoms with E-state index in [-0.39, 0.29) is 16.5 Å². The van der Waals surface area contributed by atoms with E-state index in [4.69, 9.17) is 0 Å². The summed E-state index contributed by atoms with van der Waals surface area (Å²) in [4.78, 5) is 12.5. The number of nitro groups is 1. The second-order valence-electron chi connectivity index (χ2n) is 5.31. The van der Waals surface area contributed by atoms with Crippen LogP contribution in [0, 0.1) is 23.0 Å². The van der Waals surface area contributed by atoms with Gasteiger partial charge >= 0.3 is 0 Å². The van der Waals surface area contributed by atoms with E-state index in [0.29, 0.717) is 18.8 Å². The molecule has 1 aliphatic heterocycles. The normalized spacial score (nSPS) is 17.7. The number of nitro benzene ring substituents is 1. The average molecular weight is 250 g/mol. The summed E-state index contributed by atoms with van der Waals surface area (Å²) in [5.41, 5.74) is 0.888. The summed E-state index contributed by atoms with van der Waals surface area (Å²) in [5, 5.41) is 21.3. The predicted molar refractivity (Wildman–Crippen MR) is 69.8 cm³/mol. The van der Waals surface area contributed by atoms with Crippen LogP contribution in [0.2, 0.25) is 0 Å². The van der Waals surface area contributed by atoms with Gasteiger partial charge in [0.05, 0.1) is 4.92 Å². The summed E-state index contributed by atoms with van der Waals surface area (Å²) in [6.45, 7) is 6.69. The third-order valence-corrected chi connectivity index (χ3v) is 3.73. The van der Waals surface area contributed by atoms with Gasteiger partial charge in [0.15, 0.2) is 0 Å². The Morgan fingerprint density at radius 2 is 2.06 bits per heavy atom. The first-order valence-corrected chi connectivity index (χ1v) is 6.06. The van der Waals surface area contributed by atoms with Crippen LogP contribution in [-0.4, -0.2) is 28.7 Å². The second kappa shape index (κ2) is 4.24. The van der Waals surface area contributed by atoms with Gasteiger partial charge in [-0.25, -0.2) is 0 Å². The number of hydrogen-bond donors (Lipinski definition) is 1. The molecule has 1 aromatic rings. The van der Waals surface area contributed by atoms with E-state index in [2.05, 4.69) is 0 Å². The second-order valence-corrected chi connectivity index (χ2v) is 5.31. The fourth-order valence-corrected chi connectivity index (χ4v) is 2.34. The van der Waals surface area contributed by atoms with Crippen LogP contribution < -0.4 is 4.90 Å². The van der Waals surface area contributed by atoms with Gasteiger partial charge in [0.1, 0.15) is 11.3 Å². The third-order valence-electron chi connectivity index (χ3n) is 3.73. The molecule has 0 aliphatic carbocycles. The number of benzene rings is 1. The minimum Gasteiger partial charge on any atom is -0.386 e. The smallest absolute Gasteiger partial charge is 0.292 e. The van der Waals surface area contributed by atoms with Crippen LogP contribution in [0.15, 0.2) is 18.2 Å². The first-order chi connectivity index (χ1) is 8.35. The molecule has 1 fully saturated rings. The Balaban J connectivity index is 2.29. The quantitative estimate of drug-likeness (QED) is 0.659. The summed E-state index contributed by atoms with van der Waals surface area (Å²) in [6, 6.07) is 5.05. The first kappa shape index (κ1) is 12.8. The fourth-order valence-electron chi connectivity index (χ4n) is 2.34. The zero-order valence-corrected chi connectivity index (χ0v) is 10.9. The summed E-state index contributed by atoms with van der Waals surface area (Å²) in [7, 11) is 0. The molecule has 0 aromatic heterocycles. The van der Waals surface area contributed by atoms with E-state index in [1.807, 2.05) is 31.7 Å². The van der Waals surface area contributed by atoms with Crippen molar-refractivity contribution in [2.24, 2.45) is 5.92 Å². The highest BCUT2D eigenvalue weighted by molar-refractivity contribution is 5.69. The van der Waals surface area contributed by atoms with Crippen LogP contribution in [0.5, 0.6) is 0 Å². The van der Waals surface area contributed by atoms with Crippen LogP contribution in [0.4, 0.5) is 11.4 Å². The van der Waals surface area contributed by atoms with Gasteiger partial charge in [-0.3, -0.25) is 10.1 Å². The summed E-state index contributed by atoms with van der Waals surface area (Å²) in [6.07, 6.45) is 0. The lowest BCUT2D eigenvalue weighted by atomic mass is 9.82. The third kappa shape index (κ3) is 1.95. The van der Waals surface area contributed by atoms with E-state index >= 15 is 0 Å². The van der Waals surface area contributed by atoms with Crippen LogP contribution in [-0.2, 0) is 0 Å². The summed E-state index contributed by atoms with van der Waals surface area (Å²) < 4.78 is 0. The largest absolute Gasteiger partial charge is 0.386 e. The van der Waals surface area contributed by atoms with Gasteiger partial charge < -0.3 is 10.0 Å². The molecular formula is C13H18N2O3. The highest BCUT2D eigenvalue weighted by atomic mass is 16.6. The lowest BCUT2D eigenvalue weighted by Crippen LogP contribution is -2.65. The number of aliphatic hydroxyl groups is 1. The Kier molecular flexibility index (Phi) is 3.02. The number of para-hydroxylation sites is 1. The maximum Gasteiger partial charge on any atom is 0.292 e. The van der Waals surface area contributed by atoms with Gasteiger partial charge in [-0.1, -0.05) is 26.0 Å². The van der Waals surface area contributed by atoms with Gasteiger partial charge in [0.25, 0.3) is 5.69 Å². The van der Waals surface area contributed by atoms with Crippen molar-refractivity contribution in [1.29, 1.82) is 0 Å². The molecule has 0 radical (unpaired) electrons. The number of anilines is 1. The molecule has 1 aliphatic rings. The minimum absolute atomic E-state index is 0.112. The van der Waals surface area contributed by atoms with E-state index in [1.54, 1.807) is 6.07 Å². The monoisotopic (exact) mass is 250 g/mol. The Labute approximate surface area is 106 Å². The van der Waals surface area contributed by atoms with Crippen molar-refractivity contribution in [3.63, 3.8) is 0 Å². The fraction of sp³-hybridized carbons (Fsp3) is 0.538. The molecule has 0 unspecified atom stereocenters. The molecule has 0 atom stereocenters. The van der Waals surface area contributed by atoms with Crippen LogP contribution >= 0.6 is 0 Å². The van der Waals surface area contributed by atoms with Gasteiger partial charge in [-0.15, -0.1) is 0 Å². The van der Waals surface area contributed by atoms with Crippen LogP contribution in [0.1, 0.15) is 19.4 Å². The van der Waals surface area contributed by atoms with Gasteiger partial charge in [-0.05, 0) is 18.4 Å². The Bertz CT molecular complexity index is 479. The number of hydrogen-bond acceptors (Lipinski definition) is 4. The zero-order chi connectivity index (χ0) is 13.5. The zero-order valence-electron chi connectivity index (χ0n) is 10.9. The van der Waals surface area contributed by atoms with E-state index in [1.165, 1.54) is 6.07 Å². The Morgan fingerprint density at radius 3 is 2.56 bits per heavy atom. The molecule has 5 heteroatoms. The van der Waals surface area contributed by atoms with Crippen molar-refractivity contribution < 1.29 is 10.0 Å². The highest BCUT2D eigenvalue weighted by Gasteiger charge is 2.45. The number of aryl methyl sites for hydroxylation is 1. The molecule has 18 heavy (non-hydrogen) atoms. The summed E-state index contributed by atoms with van der Waals surface area (Å²) >= 11 is 0. The molecule has 0 amide bonds. The molecule has 5 nitrogen and oxygen atoms in total. The maximum atomic E-state index is 11.0. The minimum atomic E-state index is -0.726. The molecule has 98 valence electrons. The van der Waals surface area contributed by atoms with Crippen molar-refractivity contribution in [3.8, 4) is 0 Å².